The number of fused-ring (bicyclic) bond motifs is 1. The number of hydrogen-bond acceptors (Lipinski definition) is 6. The first-order chi connectivity index (χ1) is 12.3. The average Bonchev–Trinajstić information content (AvgIpc) is 3.14. The van der Waals surface area contributed by atoms with E-state index in [1.807, 2.05) is 0 Å². The highest BCUT2D eigenvalue weighted by atomic mass is 32.2. The zero-order valence-corrected chi connectivity index (χ0v) is 16.3. The van der Waals surface area contributed by atoms with Crippen molar-refractivity contribution in [3.63, 3.8) is 0 Å². The molecule has 1 atom stereocenters. The van der Waals surface area contributed by atoms with E-state index in [1.165, 1.54) is 17.4 Å². The van der Waals surface area contributed by atoms with Crippen LogP contribution in [-0.4, -0.2) is 49.5 Å². The van der Waals surface area contributed by atoms with E-state index >= 15 is 0 Å². The Morgan fingerprint density at radius 2 is 2.19 bits per heavy atom. The first-order valence-electron chi connectivity index (χ1n) is 8.47. The van der Waals surface area contributed by atoms with Crippen LogP contribution in [0.5, 0.6) is 0 Å². The molecule has 0 saturated carbocycles. The van der Waals surface area contributed by atoms with E-state index in [0.717, 1.165) is 19.1 Å². The van der Waals surface area contributed by atoms with Gasteiger partial charge in [-0.15, -0.1) is 0 Å². The summed E-state index contributed by atoms with van der Waals surface area (Å²) in [5.74, 6) is -0.585. The van der Waals surface area contributed by atoms with Crippen molar-refractivity contribution < 1.29 is 18.0 Å². The largest absolute Gasteiger partial charge is 0.342 e. The smallest absolute Gasteiger partial charge is 0.231 e. The number of anilines is 1. The molecule has 0 bridgehead atoms. The SMILES string of the molecule is CCCCN1CC(C(=O)Nc2nc3ccc(S(C)(=O)=O)cc3s2)CC1=O. The summed E-state index contributed by atoms with van der Waals surface area (Å²) in [5, 5.41) is 3.18. The maximum absolute atomic E-state index is 12.5. The molecule has 0 aliphatic carbocycles. The Balaban J connectivity index is 1.71. The minimum absolute atomic E-state index is 0.0145. The Kier molecular flexibility index (Phi) is 5.29. The second kappa shape index (κ2) is 7.32. The number of thiazole rings is 1. The standard InChI is InChI=1S/C17H21N3O4S2/c1-3-4-7-20-10-11(8-15(20)21)16(22)19-17-18-13-6-5-12(26(2,23)24)9-14(13)25-17/h5-6,9,11H,3-4,7-8,10H2,1-2H3,(H,18,19,22). The van der Waals surface area contributed by atoms with Crippen molar-refractivity contribution in [3.8, 4) is 0 Å². The van der Waals surface area contributed by atoms with E-state index in [9.17, 15) is 18.0 Å². The third kappa shape index (κ3) is 4.04. The lowest BCUT2D eigenvalue weighted by atomic mass is 10.1. The van der Waals surface area contributed by atoms with Crippen LogP contribution in [0.2, 0.25) is 0 Å². The van der Waals surface area contributed by atoms with Gasteiger partial charge in [-0.05, 0) is 24.6 Å². The van der Waals surface area contributed by atoms with Crippen LogP contribution in [0.4, 0.5) is 5.13 Å². The molecule has 3 rings (SSSR count). The Labute approximate surface area is 156 Å². The number of nitrogens with one attached hydrogen (secondary N) is 1. The van der Waals surface area contributed by atoms with Crippen molar-refractivity contribution in [2.75, 3.05) is 24.7 Å². The summed E-state index contributed by atoms with van der Waals surface area (Å²) in [7, 11) is -3.29. The Bertz CT molecular complexity index is 952. The van der Waals surface area contributed by atoms with E-state index in [2.05, 4.69) is 17.2 Å². The van der Waals surface area contributed by atoms with Crippen molar-refractivity contribution in [3.05, 3.63) is 18.2 Å². The van der Waals surface area contributed by atoms with Gasteiger partial charge in [0.2, 0.25) is 11.8 Å². The lowest BCUT2D eigenvalue weighted by Gasteiger charge is -2.15. The number of unbranched alkanes of at least 4 members (excludes halogenated alkanes) is 1. The molecule has 7 nitrogen and oxygen atoms in total. The minimum Gasteiger partial charge on any atom is -0.342 e. The third-order valence-corrected chi connectivity index (χ3v) is 6.43. The highest BCUT2D eigenvalue weighted by Gasteiger charge is 2.34. The van der Waals surface area contributed by atoms with E-state index in [0.29, 0.717) is 28.4 Å². The highest BCUT2D eigenvalue weighted by molar-refractivity contribution is 7.90. The molecule has 26 heavy (non-hydrogen) atoms. The predicted molar refractivity (Wildman–Crippen MR) is 101 cm³/mol. The molecule has 0 radical (unpaired) electrons. The van der Waals surface area contributed by atoms with Gasteiger partial charge in [0.15, 0.2) is 15.0 Å². The first-order valence-corrected chi connectivity index (χ1v) is 11.2. The molecule has 1 aliphatic heterocycles. The topological polar surface area (TPSA) is 96.4 Å². The average molecular weight is 396 g/mol. The van der Waals surface area contributed by atoms with Gasteiger partial charge in [0.25, 0.3) is 0 Å². The molecule has 1 aliphatic rings. The molecule has 140 valence electrons. The van der Waals surface area contributed by atoms with Crippen LogP contribution in [0, 0.1) is 5.92 Å². The van der Waals surface area contributed by atoms with E-state index < -0.39 is 9.84 Å². The molecule has 2 amide bonds. The second-order valence-corrected chi connectivity index (χ2v) is 9.55. The number of rotatable bonds is 6. The monoisotopic (exact) mass is 395 g/mol. The molecule has 1 N–H and O–H groups in total. The maximum Gasteiger partial charge on any atom is 0.231 e. The fourth-order valence-electron chi connectivity index (χ4n) is 2.91. The number of carbonyl (C=O) groups excluding carboxylic acids is 2. The van der Waals surface area contributed by atoms with Gasteiger partial charge in [-0.1, -0.05) is 24.7 Å². The van der Waals surface area contributed by atoms with Gasteiger partial charge >= 0.3 is 0 Å². The molecule has 1 unspecified atom stereocenters. The lowest BCUT2D eigenvalue weighted by molar-refractivity contribution is -0.128. The number of likely N-dealkylation sites (tertiary alicyclic amines) is 1. The number of hydrogen-bond donors (Lipinski definition) is 1. The first kappa shape index (κ1) is 18.8. The molecule has 1 aromatic heterocycles. The van der Waals surface area contributed by atoms with Crippen molar-refractivity contribution in [2.24, 2.45) is 5.92 Å². The Morgan fingerprint density at radius 3 is 2.88 bits per heavy atom. The predicted octanol–water partition coefficient (Wildman–Crippen LogP) is 2.29. The van der Waals surface area contributed by atoms with Gasteiger partial charge in [0.1, 0.15) is 0 Å². The number of sulfone groups is 1. The van der Waals surface area contributed by atoms with Gasteiger partial charge in [-0.3, -0.25) is 9.59 Å². The third-order valence-electron chi connectivity index (χ3n) is 4.39. The summed E-state index contributed by atoms with van der Waals surface area (Å²) in [6.07, 6.45) is 3.31. The van der Waals surface area contributed by atoms with Crippen molar-refractivity contribution >= 4 is 48.3 Å². The lowest BCUT2D eigenvalue weighted by Crippen LogP contribution is -2.29. The van der Waals surface area contributed by atoms with Gasteiger partial charge in [-0.2, -0.15) is 0 Å². The number of benzene rings is 1. The zero-order valence-electron chi connectivity index (χ0n) is 14.7. The molecule has 2 heterocycles. The van der Waals surface area contributed by atoms with Crippen LogP contribution in [0.15, 0.2) is 23.1 Å². The molecule has 1 aromatic carbocycles. The molecule has 9 heteroatoms. The van der Waals surface area contributed by atoms with Crippen molar-refractivity contribution in [1.82, 2.24) is 9.88 Å². The van der Waals surface area contributed by atoms with E-state index in [1.54, 1.807) is 17.0 Å². The molecular weight excluding hydrogens is 374 g/mol. The van der Waals surface area contributed by atoms with Gasteiger partial charge in [0.05, 0.1) is 21.0 Å². The second-order valence-electron chi connectivity index (χ2n) is 6.50. The fraction of sp³-hybridized carbons (Fsp3) is 0.471. The van der Waals surface area contributed by atoms with Crippen LogP contribution in [-0.2, 0) is 19.4 Å². The van der Waals surface area contributed by atoms with Crippen molar-refractivity contribution in [2.45, 2.75) is 31.1 Å². The van der Waals surface area contributed by atoms with Crippen LogP contribution in [0.1, 0.15) is 26.2 Å². The molecule has 1 fully saturated rings. The number of nitrogens with zero attached hydrogens (tertiary/aromatic N) is 2. The van der Waals surface area contributed by atoms with E-state index in [-0.39, 0.29) is 29.0 Å². The molecule has 2 aromatic rings. The molecule has 1 saturated heterocycles. The number of aromatic nitrogens is 1. The summed E-state index contributed by atoms with van der Waals surface area (Å²) in [4.78, 5) is 30.7. The fourth-order valence-corrected chi connectivity index (χ4v) is 4.54. The number of carbonyl (C=O) groups is 2. The normalized spacial score (nSPS) is 17.8. The quantitative estimate of drug-likeness (QED) is 0.809. The summed E-state index contributed by atoms with van der Waals surface area (Å²) >= 11 is 1.22. The van der Waals surface area contributed by atoms with Gasteiger partial charge in [-0.25, -0.2) is 13.4 Å². The highest BCUT2D eigenvalue weighted by Crippen LogP contribution is 2.29. The van der Waals surface area contributed by atoms with Crippen molar-refractivity contribution in [1.29, 1.82) is 0 Å². The van der Waals surface area contributed by atoms with Gasteiger partial charge in [0, 0.05) is 25.8 Å². The summed E-state index contributed by atoms with van der Waals surface area (Å²) in [6, 6.07) is 4.69. The van der Waals surface area contributed by atoms with Crippen LogP contribution < -0.4 is 5.32 Å². The summed E-state index contributed by atoms with van der Waals surface area (Å²) in [6.45, 7) is 3.19. The zero-order chi connectivity index (χ0) is 18.9. The van der Waals surface area contributed by atoms with Crippen LogP contribution in [0.25, 0.3) is 10.2 Å². The van der Waals surface area contributed by atoms with Gasteiger partial charge < -0.3 is 10.2 Å². The number of amides is 2. The summed E-state index contributed by atoms with van der Waals surface area (Å²) in [5.41, 5.74) is 0.629. The summed E-state index contributed by atoms with van der Waals surface area (Å²) < 4.78 is 24.0. The van der Waals surface area contributed by atoms with Crippen LogP contribution >= 0.6 is 11.3 Å². The minimum atomic E-state index is -3.29. The Morgan fingerprint density at radius 1 is 1.42 bits per heavy atom. The van der Waals surface area contributed by atoms with Crippen LogP contribution in [0.3, 0.4) is 0 Å². The van der Waals surface area contributed by atoms with E-state index in [4.69, 9.17) is 0 Å². The molecule has 0 spiro atoms. The molecular formula is C17H21N3O4S2. The maximum atomic E-state index is 12.5. The Hall–Kier alpha value is -2.00.